The molecule has 0 atom stereocenters. The first-order valence-corrected chi connectivity index (χ1v) is 7.03. The third-order valence-corrected chi connectivity index (χ3v) is 3.66. The minimum absolute atomic E-state index is 0.0634. The van der Waals surface area contributed by atoms with Crippen molar-refractivity contribution in [1.82, 2.24) is 9.24 Å². The van der Waals surface area contributed by atoms with Gasteiger partial charge in [-0.3, -0.25) is 4.79 Å². The first-order valence-electron chi connectivity index (χ1n) is 6.66. The first kappa shape index (κ1) is 18.1. The van der Waals surface area contributed by atoms with Gasteiger partial charge in [-0.05, 0) is 30.2 Å². The summed E-state index contributed by atoms with van der Waals surface area (Å²) >= 11 is 6.02. The van der Waals surface area contributed by atoms with Crippen molar-refractivity contribution in [3.8, 4) is 5.69 Å². The van der Waals surface area contributed by atoms with E-state index in [9.17, 15) is 22.8 Å². The summed E-state index contributed by atoms with van der Waals surface area (Å²) in [5.74, 6) is 5.20. The Morgan fingerprint density at radius 3 is 2.50 bits per heavy atom. The SMILES string of the molecule is COCCc1cc(-n2c(=O)cc(C(F)(F)F)n(N)c2=O)ccc1Cl. The average Bonchev–Trinajstić information content (AvgIpc) is 2.50. The smallest absolute Gasteiger partial charge is 0.384 e. The highest BCUT2D eigenvalue weighted by Gasteiger charge is 2.35. The lowest BCUT2D eigenvalue weighted by Crippen LogP contribution is -2.45. The summed E-state index contributed by atoms with van der Waals surface area (Å²) < 4.78 is 43.7. The summed E-state index contributed by atoms with van der Waals surface area (Å²) in [6.07, 6.45) is -4.52. The molecule has 6 nitrogen and oxygen atoms in total. The van der Waals surface area contributed by atoms with Crippen molar-refractivity contribution in [2.75, 3.05) is 19.6 Å². The van der Waals surface area contributed by atoms with Gasteiger partial charge in [-0.2, -0.15) is 13.2 Å². The number of nitrogen functional groups attached to an aromatic ring is 1. The number of benzene rings is 1. The van der Waals surface area contributed by atoms with Gasteiger partial charge >= 0.3 is 11.9 Å². The van der Waals surface area contributed by atoms with Crippen LogP contribution in [0.15, 0.2) is 33.9 Å². The number of alkyl halides is 3. The molecule has 2 rings (SSSR count). The molecule has 24 heavy (non-hydrogen) atoms. The molecule has 0 unspecified atom stereocenters. The Kier molecular flexibility index (Phi) is 5.05. The molecular formula is C14H13ClF3N3O3. The van der Waals surface area contributed by atoms with Crippen LogP contribution in [-0.2, 0) is 17.3 Å². The van der Waals surface area contributed by atoms with Crippen molar-refractivity contribution in [2.45, 2.75) is 12.6 Å². The van der Waals surface area contributed by atoms with E-state index in [1.54, 1.807) is 0 Å². The van der Waals surface area contributed by atoms with Crippen molar-refractivity contribution in [2.24, 2.45) is 0 Å². The lowest BCUT2D eigenvalue weighted by molar-refractivity contribution is -0.143. The molecule has 0 saturated carbocycles. The van der Waals surface area contributed by atoms with E-state index in [1.165, 1.54) is 25.3 Å². The predicted molar refractivity (Wildman–Crippen MR) is 82.0 cm³/mol. The summed E-state index contributed by atoms with van der Waals surface area (Å²) in [5.41, 5.74) is -3.34. The Bertz CT molecular complexity index is 874. The van der Waals surface area contributed by atoms with Crippen molar-refractivity contribution in [3.05, 3.63) is 61.4 Å². The zero-order valence-corrected chi connectivity index (χ0v) is 13.2. The average molecular weight is 364 g/mol. The Morgan fingerprint density at radius 1 is 1.25 bits per heavy atom. The molecule has 2 N–H and O–H groups in total. The van der Waals surface area contributed by atoms with E-state index in [1.807, 2.05) is 0 Å². The second-order valence-corrected chi connectivity index (χ2v) is 5.28. The van der Waals surface area contributed by atoms with Gasteiger partial charge < -0.3 is 10.6 Å². The van der Waals surface area contributed by atoms with E-state index in [0.29, 0.717) is 28.2 Å². The minimum atomic E-state index is -4.92. The molecule has 0 aliphatic rings. The normalized spacial score (nSPS) is 11.7. The van der Waals surface area contributed by atoms with Gasteiger partial charge in [-0.1, -0.05) is 11.6 Å². The number of rotatable bonds is 4. The topological polar surface area (TPSA) is 79.2 Å². The molecule has 1 aromatic heterocycles. The minimum Gasteiger partial charge on any atom is -0.384 e. The summed E-state index contributed by atoms with van der Waals surface area (Å²) in [4.78, 5) is 24.1. The van der Waals surface area contributed by atoms with Crippen LogP contribution in [0.1, 0.15) is 11.3 Å². The Balaban J connectivity index is 2.64. The maximum atomic E-state index is 12.8. The largest absolute Gasteiger partial charge is 0.433 e. The van der Waals surface area contributed by atoms with Gasteiger partial charge in [-0.25, -0.2) is 14.0 Å². The molecule has 0 bridgehead atoms. The van der Waals surface area contributed by atoms with Crippen molar-refractivity contribution < 1.29 is 17.9 Å². The van der Waals surface area contributed by atoms with Gasteiger partial charge in [0.1, 0.15) is 0 Å². The molecule has 0 fully saturated rings. The number of nitrogens with two attached hydrogens (primary N) is 1. The summed E-state index contributed by atoms with van der Waals surface area (Å²) in [7, 11) is 1.49. The molecule has 1 heterocycles. The van der Waals surface area contributed by atoms with Crippen molar-refractivity contribution in [3.63, 3.8) is 0 Å². The van der Waals surface area contributed by atoms with Gasteiger partial charge in [0.2, 0.25) is 0 Å². The third kappa shape index (κ3) is 3.46. The molecule has 0 aliphatic heterocycles. The first-order chi connectivity index (χ1) is 11.2. The highest BCUT2D eigenvalue weighted by atomic mass is 35.5. The van der Waals surface area contributed by atoms with Crippen LogP contribution < -0.4 is 17.1 Å². The number of hydrogen-bond acceptors (Lipinski definition) is 4. The fourth-order valence-electron chi connectivity index (χ4n) is 2.12. The van der Waals surface area contributed by atoms with Crippen LogP contribution in [0, 0.1) is 0 Å². The molecule has 0 radical (unpaired) electrons. The lowest BCUT2D eigenvalue weighted by Gasteiger charge is -2.14. The standard InChI is InChI=1S/C14H13ClF3N3O3/c1-24-5-4-8-6-9(2-3-10(8)15)20-12(22)7-11(14(16,17)18)21(19)13(20)23/h2-3,6-7H,4-5,19H2,1H3. The monoisotopic (exact) mass is 363 g/mol. The fraction of sp³-hybridized carbons (Fsp3) is 0.286. The molecular weight excluding hydrogens is 351 g/mol. The zero-order valence-electron chi connectivity index (χ0n) is 12.4. The second-order valence-electron chi connectivity index (χ2n) is 4.87. The van der Waals surface area contributed by atoms with Gasteiger partial charge in [-0.15, -0.1) is 0 Å². The number of halogens is 4. The highest BCUT2D eigenvalue weighted by molar-refractivity contribution is 6.31. The van der Waals surface area contributed by atoms with Gasteiger partial charge in [0.05, 0.1) is 12.3 Å². The van der Waals surface area contributed by atoms with Crippen LogP contribution in [0.25, 0.3) is 5.69 Å². The Hall–Kier alpha value is -2.26. The number of aromatic nitrogens is 2. The van der Waals surface area contributed by atoms with Gasteiger partial charge in [0, 0.05) is 18.2 Å². The molecule has 130 valence electrons. The summed E-state index contributed by atoms with van der Waals surface area (Å²) in [5, 5.41) is 0.379. The molecule has 1 aromatic carbocycles. The van der Waals surface area contributed by atoms with E-state index < -0.39 is 23.1 Å². The molecule has 0 saturated heterocycles. The molecule has 10 heteroatoms. The quantitative estimate of drug-likeness (QED) is 0.836. The Morgan fingerprint density at radius 2 is 1.92 bits per heavy atom. The lowest BCUT2D eigenvalue weighted by atomic mass is 10.1. The number of methoxy groups -OCH3 is 1. The third-order valence-electron chi connectivity index (χ3n) is 3.29. The summed E-state index contributed by atoms with van der Waals surface area (Å²) in [6, 6.07) is 4.48. The van der Waals surface area contributed by atoms with Gasteiger partial charge in [0.25, 0.3) is 5.56 Å². The zero-order chi connectivity index (χ0) is 18.1. The number of ether oxygens (including phenoxy) is 1. The van der Waals surface area contributed by atoms with E-state index in [2.05, 4.69) is 0 Å². The van der Waals surface area contributed by atoms with E-state index in [4.69, 9.17) is 22.2 Å². The van der Waals surface area contributed by atoms with E-state index in [0.717, 1.165) is 0 Å². The Labute approximate surface area is 138 Å². The van der Waals surface area contributed by atoms with Crippen molar-refractivity contribution in [1.29, 1.82) is 0 Å². The molecule has 0 amide bonds. The number of hydrogen-bond donors (Lipinski definition) is 1. The molecule has 2 aromatic rings. The predicted octanol–water partition coefficient (Wildman–Crippen LogP) is 1.57. The molecule has 0 aliphatic carbocycles. The maximum absolute atomic E-state index is 12.8. The van der Waals surface area contributed by atoms with Crippen LogP contribution in [0.4, 0.5) is 13.2 Å². The van der Waals surface area contributed by atoms with E-state index >= 15 is 0 Å². The maximum Gasteiger partial charge on any atom is 0.433 e. The van der Waals surface area contributed by atoms with Gasteiger partial charge in [0.15, 0.2) is 5.69 Å². The highest BCUT2D eigenvalue weighted by Crippen LogP contribution is 2.26. The van der Waals surface area contributed by atoms with Crippen LogP contribution >= 0.6 is 11.6 Å². The van der Waals surface area contributed by atoms with Crippen LogP contribution in [0.3, 0.4) is 0 Å². The van der Waals surface area contributed by atoms with Crippen LogP contribution in [0.2, 0.25) is 5.02 Å². The summed E-state index contributed by atoms with van der Waals surface area (Å²) in [6.45, 7) is 0.339. The molecule has 0 spiro atoms. The van der Waals surface area contributed by atoms with Crippen molar-refractivity contribution >= 4 is 11.6 Å². The number of nitrogens with zero attached hydrogens (tertiary/aromatic N) is 2. The second kappa shape index (κ2) is 6.70. The van der Waals surface area contributed by atoms with E-state index in [-0.39, 0.29) is 16.4 Å². The fourth-order valence-corrected chi connectivity index (χ4v) is 2.33. The van der Waals surface area contributed by atoms with Crippen LogP contribution in [0.5, 0.6) is 0 Å². The van der Waals surface area contributed by atoms with Crippen LogP contribution in [-0.4, -0.2) is 23.0 Å².